The van der Waals surface area contributed by atoms with E-state index in [2.05, 4.69) is 24.1 Å². The summed E-state index contributed by atoms with van der Waals surface area (Å²) in [6.07, 6.45) is 0. The summed E-state index contributed by atoms with van der Waals surface area (Å²) in [5.74, 6) is -0.572. The Morgan fingerprint density at radius 1 is 1.06 bits per heavy atom. The molecule has 2 atom stereocenters. The van der Waals surface area contributed by atoms with Gasteiger partial charge in [0.25, 0.3) is 0 Å². The van der Waals surface area contributed by atoms with Crippen LogP contribution in [0.3, 0.4) is 0 Å². The summed E-state index contributed by atoms with van der Waals surface area (Å²) in [5, 5.41) is 3.42. The molecule has 100 valence electrons. The predicted octanol–water partition coefficient (Wildman–Crippen LogP) is 2.65. The van der Waals surface area contributed by atoms with Crippen LogP contribution in [0.4, 0.5) is 14.5 Å². The van der Waals surface area contributed by atoms with Crippen LogP contribution in [0.1, 0.15) is 13.8 Å². The molecule has 1 aromatic carbocycles. The maximum Gasteiger partial charge on any atom is 0.160 e. The van der Waals surface area contributed by atoms with Crippen LogP contribution in [-0.2, 0) is 0 Å². The van der Waals surface area contributed by atoms with Gasteiger partial charge in [0.05, 0.1) is 0 Å². The molecule has 2 unspecified atom stereocenters. The summed E-state index contributed by atoms with van der Waals surface area (Å²) in [7, 11) is 0. The molecule has 0 amide bonds. The highest BCUT2D eigenvalue weighted by atomic mass is 19.2. The van der Waals surface area contributed by atoms with Gasteiger partial charge in [-0.1, -0.05) is 13.8 Å². The zero-order valence-electron chi connectivity index (χ0n) is 10.9. The standard InChI is InChI=1S/C14H20F2N2/c1-10-6-17-7-11(2)9-18(8-10)12-3-4-13(15)14(16)5-12/h3-5,10-11,17H,6-9H2,1-2H3. The van der Waals surface area contributed by atoms with Crippen LogP contribution in [0, 0.1) is 23.5 Å². The Balaban J connectivity index is 2.19. The van der Waals surface area contributed by atoms with E-state index in [1.54, 1.807) is 6.07 Å². The van der Waals surface area contributed by atoms with Gasteiger partial charge in [-0.2, -0.15) is 0 Å². The molecule has 1 saturated heterocycles. The van der Waals surface area contributed by atoms with Crippen LogP contribution in [0.15, 0.2) is 18.2 Å². The third kappa shape index (κ3) is 3.19. The number of halogens is 2. The van der Waals surface area contributed by atoms with Crippen molar-refractivity contribution in [1.82, 2.24) is 5.32 Å². The minimum Gasteiger partial charge on any atom is -0.371 e. The lowest BCUT2D eigenvalue weighted by Crippen LogP contribution is -2.42. The van der Waals surface area contributed by atoms with Crippen LogP contribution < -0.4 is 10.2 Å². The molecule has 0 aliphatic carbocycles. The molecule has 2 rings (SSSR count). The number of nitrogens with one attached hydrogen (secondary N) is 1. The fraction of sp³-hybridized carbons (Fsp3) is 0.571. The molecule has 1 aliphatic heterocycles. The summed E-state index contributed by atoms with van der Waals surface area (Å²) in [4.78, 5) is 2.15. The van der Waals surface area contributed by atoms with Gasteiger partial charge in [0.2, 0.25) is 0 Å². The van der Waals surface area contributed by atoms with E-state index >= 15 is 0 Å². The molecule has 0 aromatic heterocycles. The van der Waals surface area contributed by atoms with E-state index in [4.69, 9.17) is 0 Å². The normalized spacial score (nSPS) is 25.7. The molecule has 0 radical (unpaired) electrons. The molecule has 18 heavy (non-hydrogen) atoms. The molecule has 2 nitrogen and oxygen atoms in total. The molecular weight excluding hydrogens is 234 g/mol. The van der Waals surface area contributed by atoms with Gasteiger partial charge in [-0.25, -0.2) is 8.78 Å². The van der Waals surface area contributed by atoms with Crippen molar-refractivity contribution in [3.8, 4) is 0 Å². The fourth-order valence-electron chi connectivity index (χ4n) is 2.42. The molecule has 0 spiro atoms. The van der Waals surface area contributed by atoms with E-state index in [1.165, 1.54) is 12.1 Å². The Bertz CT molecular complexity index is 397. The molecule has 4 heteroatoms. The first-order valence-corrected chi connectivity index (χ1v) is 6.47. The predicted molar refractivity (Wildman–Crippen MR) is 69.8 cm³/mol. The van der Waals surface area contributed by atoms with Gasteiger partial charge in [0.1, 0.15) is 0 Å². The van der Waals surface area contributed by atoms with Crippen molar-refractivity contribution < 1.29 is 8.78 Å². The maximum absolute atomic E-state index is 13.3. The number of anilines is 1. The Morgan fingerprint density at radius 3 is 2.22 bits per heavy atom. The highest BCUT2D eigenvalue weighted by Gasteiger charge is 2.18. The first-order valence-electron chi connectivity index (χ1n) is 6.47. The largest absolute Gasteiger partial charge is 0.371 e. The monoisotopic (exact) mass is 254 g/mol. The average molecular weight is 254 g/mol. The smallest absolute Gasteiger partial charge is 0.160 e. The summed E-state index contributed by atoms with van der Waals surface area (Å²) >= 11 is 0. The SMILES string of the molecule is CC1CNCC(C)CN(c2ccc(F)c(F)c2)C1. The lowest BCUT2D eigenvalue weighted by molar-refractivity contribution is 0.409. The molecule has 1 N–H and O–H groups in total. The van der Waals surface area contributed by atoms with Gasteiger partial charge >= 0.3 is 0 Å². The lowest BCUT2D eigenvalue weighted by atomic mass is 10.0. The van der Waals surface area contributed by atoms with Crippen molar-refractivity contribution >= 4 is 5.69 Å². The molecule has 0 bridgehead atoms. The van der Waals surface area contributed by atoms with Gasteiger partial charge < -0.3 is 10.2 Å². The number of nitrogens with zero attached hydrogens (tertiary/aromatic N) is 1. The average Bonchev–Trinajstić information content (AvgIpc) is 2.29. The van der Waals surface area contributed by atoms with E-state index in [0.29, 0.717) is 11.8 Å². The van der Waals surface area contributed by atoms with Crippen molar-refractivity contribution in [1.29, 1.82) is 0 Å². The van der Waals surface area contributed by atoms with Crippen molar-refractivity contribution in [2.24, 2.45) is 11.8 Å². The van der Waals surface area contributed by atoms with E-state index in [-0.39, 0.29) is 0 Å². The third-order valence-corrected chi connectivity index (χ3v) is 3.32. The highest BCUT2D eigenvalue weighted by Crippen LogP contribution is 2.21. The van der Waals surface area contributed by atoms with Crippen molar-refractivity contribution in [3.05, 3.63) is 29.8 Å². The second kappa shape index (κ2) is 5.65. The van der Waals surface area contributed by atoms with Gasteiger partial charge in [0.15, 0.2) is 11.6 Å². The third-order valence-electron chi connectivity index (χ3n) is 3.32. The summed E-state index contributed by atoms with van der Waals surface area (Å²) < 4.78 is 26.3. The van der Waals surface area contributed by atoms with E-state index in [9.17, 15) is 8.78 Å². The number of rotatable bonds is 1. The van der Waals surface area contributed by atoms with Gasteiger partial charge in [-0.05, 0) is 37.1 Å². The van der Waals surface area contributed by atoms with Crippen LogP contribution in [0.5, 0.6) is 0 Å². The van der Waals surface area contributed by atoms with Crippen molar-refractivity contribution in [3.63, 3.8) is 0 Å². The molecule has 1 heterocycles. The maximum atomic E-state index is 13.3. The molecular formula is C14H20F2N2. The summed E-state index contributed by atoms with van der Waals surface area (Å²) in [6, 6.07) is 4.16. The van der Waals surface area contributed by atoms with E-state index in [0.717, 1.165) is 31.9 Å². The highest BCUT2D eigenvalue weighted by molar-refractivity contribution is 5.47. The second-order valence-electron chi connectivity index (χ2n) is 5.37. The topological polar surface area (TPSA) is 15.3 Å². The van der Waals surface area contributed by atoms with Crippen molar-refractivity contribution in [2.75, 3.05) is 31.1 Å². The lowest BCUT2D eigenvalue weighted by Gasteiger charge is -2.33. The Hall–Kier alpha value is -1.16. The van der Waals surface area contributed by atoms with Gasteiger partial charge in [0, 0.05) is 24.8 Å². The summed E-state index contributed by atoms with van der Waals surface area (Å²) in [6.45, 7) is 7.98. The first kappa shape index (κ1) is 13.3. The van der Waals surface area contributed by atoms with E-state index < -0.39 is 11.6 Å². The minimum absolute atomic E-state index is 0.491. The van der Waals surface area contributed by atoms with Gasteiger partial charge in [-0.15, -0.1) is 0 Å². The minimum atomic E-state index is -0.784. The number of hydrogen-bond acceptors (Lipinski definition) is 2. The number of hydrogen-bond donors (Lipinski definition) is 1. The zero-order chi connectivity index (χ0) is 13.1. The Kier molecular flexibility index (Phi) is 4.17. The van der Waals surface area contributed by atoms with E-state index in [1.807, 2.05) is 0 Å². The van der Waals surface area contributed by atoms with Crippen LogP contribution >= 0.6 is 0 Å². The summed E-state index contributed by atoms with van der Waals surface area (Å²) in [5.41, 5.74) is 0.773. The van der Waals surface area contributed by atoms with Crippen LogP contribution in [-0.4, -0.2) is 26.2 Å². The molecule has 1 aliphatic rings. The quantitative estimate of drug-likeness (QED) is 0.829. The fourth-order valence-corrected chi connectivity index (χ4v) is 2.42. The molecule has 0 saturated carbocycles. The molecule has 1 aromatic rings. The van der Waals surface area contributed by atoms with Crippen LogP contribution in [0.25, 0.3) is 0 Å². The first-order chi connectivity index (χ1) is 8.56. The number of benzene rings is 1. The zero-order valence-corrected chi connectivity index (χ0v) is 10.9. The second-order valence-corrected chi connectivity index (χ2v) is 5.37. The Morgan fingerprint density at radius 2 is 1.67 bits per heavy atom. The van der Waals surface area contributed by atoms with Gasteiger partial charge in [-0.3, -0.25) is 0 Å². The van der Waals surface area contributed by atoms with Crippen molar-refractivity contribution in [2.45, 2.75) is 13.8 Å². The Labute approximate surface area is 107 Å². The molecule has 1 fully saturated rings. The van der Waals surface area contributed by atoms with Crippen LogP contribution in [0.2, 0.25) is 0 Å².